The number of nitrogens with zero attached hydrogens (tertiary/aromatic N) is 4. The van der Waals surface area contributed by atoms with Gasteiger partial charge in [0.05, 0.1) is 11.8 Å². The maximum atomic E-state index is 5.99. The Balaban J connectivity index is 1.70. The summed E-state index contributed by atoms with van der Waals surface area (Å²) in [6, 6.07) is 9.52. The number of hydrogen-bond donors (Lipinski definition) is 0. The molecule has 0 aliphatic heterocycles. The second kappa shape index (κ2) is 5.64. The lowest BCUT2D eigenvalue weighted by atomic mass is 10.2. The lowest BCUT2D eigenvalue weighted by Gasteiger charge is -1.93. The molecule has 0 atom stereocenters. The highest BCUT2D eigenvalue weighted by Crippen LogP contribution is 2.25. The molecule has 23 heavy (non-hydrogen) atoms. The molecule has 0 radical (unpaired) electrons. The molecule has 5 nitrogen and oxygen atoms in total. The largest absolute Gasteiger partial charge is 0.469 e. The Morgan fingerprint density at radius 1 is 1.22 bits per heavy atom. The maximum Gasteiger partial charge on any atom is 0.235 e. The van der Waals surface area contributed by atoms with E-state index in [1.54, 1.807) is 10.8 Å². The van der Waals surface area contributed by atoms with Gasteiger partial charge in [-0.15, -0.1) is 10.2 Å². The first kappa shape index (κ1) is 14.2. The van der Waals surface area contributed by atoms with Crippen LogP contribution in [0.1, 0.15) is 16.3 Å². The minimum Gasteiger partial charge on any atom is -0.469 e. The predicted molar refractivity (Wildman–Crippen MR) is 91.5 cm³/mol. The predicted octanol–water partition coefficient (Wildman–Crippen LogP) is 4.58. The van der Waals surface area contributed by atoms with Gasteiger partial charge in [-0.2, -0.15) is 9.61 Å². The molecule has 0 fully saturated rings. The summed E-state index contributed by atoms with van der Waals surface area (Å²) in [5.74, 6) is 1.48. The molecular formula is C16H11ClN4OS. The summed E-state index contributed by atoms with van der Waals surface area (Å²) in [5.41, 5.74) is 1.92. The van der Waals surface area contributed by atoms with Crippen molar-refractivity contribution in [2.45, 2.75) is 6.92 Å². The Morgan fingerprint density at radius 2 is 2.13 bits per heavy atom. The van der Waals surface area contributed by atoms with Crippen LogP contribution >= 0.6 is 22.9 Å². The van der Waals surface area contributed by atoms with E-state index in [-0.39, 0.29) is 0 Å². The van der Waals surface area contributed by atoms with Gasteiger partial charge in [0.2, 0.25) is 4.96 Å². The molecule has 3 heterocycles. The molecule has 0 amide bonds. The van der Waals surface area contributed by atoms with Gasteiger partial charge in [-0.05, 0) is 36.8 Å². The Morgan fingerprint density at radius 3 is 2.91 bits per heavy atom. The molecule has 4 rings (SSSR count). The average Bonchev–Trinajstić information content (AvgIpc) is 3.21. The van der Waals surface area contributed by atoms with Crippen LogP contribution in [0.4, 0.5) is 0 Å². The minimum atomic E-state index is 0.685. The third-order valence-corrected chi connectivity index (χ3v) is 4.47. The Kier molecular flexibility index (Phi) is 3.48. The fourth-order valence-electron chi connectivity index (χ4n) is 2.26. The highest BCUT2D eigenvalue weighted by molar-refractivity contribution is 7.17. The Labute approximate surface area is 140 Å². The van der Waals surface area contributed by atoms with E-state index >= 15 is 0 Å². The summed E-state index contributed by atoms with van der Waals surface area (Å²) >= 11 is 7.46. The van der Waals surface area contributed by atoms with Crippen molar-refractivity contribution in [2.75, 3.05) is 0 Å². The Hall–Kier alpha value is -2.44. The summed E-state index contributed by atoms with van der Waals surface area (Å²) in [6.07, 6.45) is 5.55. The summed E-state index contributed by atoms with van der Waals surface area (Å²) in [4.78, 5) is 0.742. The minimum absolute atomic E-state index is 0.685. The van der Waals surface area contributed by atoms with Crippen molar-refractivity contribution in [3.05, 3.63) is 57.9 Å². The fraction of sp³-hybridized carbons (Fsp3) is 0.0625. The zero-order valence-corrected chi connectivity index (χ0v) is 13.7. The van der Waals surface area contributed by atoms with E-state index in [1.807, 2.05) is 49.4 Å². The molecule has 0 unspecified atom stereocenters. The van der Waals surface area contributed by atoms with Crippen molar-refractivity contribution in [1.29, 1.82) is 0 Å². The van der Waals surface area contributed by atoms with Gasteiger partial charge in [0, 0.05) is 5.02 Å². The zero-order valence-electron chi connectivity index (χ0n) is 12.1. The van der Waals surface area contributed by atoms with Crippen LogP contribution in [0.25, 0.3) is 28.5 Å². The molecule has 7 heteroatoms. The topological polar surface area (TPSA) is 56.2 Å². The molecule has 1 aromatic carbocycles. The molecule has 0 N–H and O–H groups in total. The fourth-order valence-corrected chi connectivity index (χ4v) is 3.20. The van der Waals surface area contributed by atoms with E-state index in [2.05, 4.69) is 15.3 Å². The van der Waals surface area contributed by atoms with E-state index in [9.17, 15) is 0 Å². The number of aryl methyl sites for hydroxylation is 1. The number of rotatable bonds is 3. The van der Waals surface area contributed by atoms with Gasteiger partial charge in [-0.3, -0.25) is 0 Å². The van der Waals surface area contributed by atoms with Crippen LogP contribution in [-0.2, 0) is 0 Å². The van der Waals surface area contributed by atoms with Gasteiger partial charge in [-0.25, -0.2) is 0 Å². The van der Waals surface area contributed by atoms with Crippen LogP contribution in [0.15, 0.2) is 41.0 Å². The van der Waals surface area contributed by atoms with Crippen molar-refractivity contribution >= 4 is 40.1 Å². The Bertz CT molecular complexity index is 1010. The molecule has 0 aliphatic rings. The van der Waals surface area contributed by atoms with Crippen molar-refractivity contribution in [1.82, 2.24) is 19.8 Å². The smallest absolute Gasteiger partial charge is 0.235 e. The monoisotopic (exact) mass is 342 g/mol. The summed E-state index contributed by atoms with van der Waals surface area (Å²) in [7, 11) is 0. The van der Waals surface area contributed by atoms with Crippen molar-refractivity contribution in [3.8, 4) is 11.4 Å². The number of halogens is 1. The molecule has 4 aromatic rings. The first-order valence-electron chi connectivity index (χ1n) is 6.91. The first-order chi connectivity index (χ1) is 11.2. The highest BCUT2D eigenvalue weighted by Gasteiger charge is 2.15. The third-order valence-electron chi connectivity index (χ3n) is 3.37. The summed E-state index contributed by atoms with van der Waals surface area (Å²) in [6.45, 7) is 1.89. The number of benzene rings is 1. The molecule has 0 aliphatic carbocycles. The molecule has 0 saturated heterocycles. The number of furan rings is 1. The van der Waals surface area contributed by atoms with Crippen molar-refractivity contribution < 1.29 is 4.42 Å². The summed E-state index contributed by atoms with van der Waals surface area (Å²) < 4.78 is 7.06. The lowest BCUT2D eigenvalue weighted by molar-refractivity contribution is 0.535. The number of fused-ring (bicyclic) bond motifs is 1. The molecule has 114 valence electrons. The van der Waals surface area contributed by atoms with Gasteiger partial charge < -0.3 is 4.42 Å². The molecule has 0 bridgehead atoms. The SMILES string of the molecule is Cc1occc1-c1nnc2sc(C=Cc3cccc(Cl)c3)nn12. The quantitative estimate of drug-likeness (QED) is 0.547. The van der Waals surface area contributed by atoms with Crippen LogP contribution in [0.5, 0.6) is 0 Å². The molecule has 0 spiro atoms. The van der Waals surface area contributed by atoms with Crippen LogP contribution in [0.3, 0.4) is 0 Å². The molecular weight excluding hydrogens is 332 g/mol. The van der Waals surface area contributed by atoms with Crippen LogP contribution in [0.2, 0.25) is 5.02 Å². The third kappa shape index (κ3) is 2.67. The molecule has 3 aromatic heterocycles. The van der Waals surface area contributed by atoms with E-state index < -0.39 is 0 Å². The first-order valence-corrected chi connectivity index (χ1v) is 8.10. The van der Waals surface area contributed by atoms with E-state index in [0.29, 0.717) is 10.8 Å². The van der Waals surface area contributed by atoms with Gasteiger partial charge in [0.1, 0.15) is 10.8 Å². The lowest BCUT2D eigenvalue weighted by Crippen LogP contribution is -1.90. The normalized spacial score (nSPS) is 11.7. The van der Waals surface area contributed by atoms with Gasteiger partial charge in [-0.1, -0.05) is 41.1 Å². The van der Waals surface area contributed by atoms with Gasteiger partial charge >= 0.3 is 0 Å². The van der Waals surface area contributed by atoms with Crippen LogP contribution in [0, 0.1) is 6.92 Å². The maximum absolute atomic E-state index is 5.99. The number of aromatic nitrogens is 4. The van der Waals surface area contributed by atoms with E-state index in [0.717, 1.165) is 26.9 Å². The average molecular weight is 343 g/mol. The summed E-state index contributed by atoms with van der Waals surface area (Å²) in [5, 5.41) is 14.5. The van der Waals surface area contributed by atoms with E-state index in [4.69, 9.17) is 16.0 Å². The highest BCUT2D eigenvalue weighted by atomic mass is 35.5. The van der Waals surface area contributed by atoms with Gasteiger partial charge in [0.25, 0.3) is 0 Å². The molecule has 0 saturated carbocycles. The van der Waals surface area contributed by atoms with Gasteiger partial charge in [0.15, 0.2) is 5.82 Å². The van der Waals surface area contributed by atoms with Crippen molar-refractivity contribution in [3.63, 3.8) is 0 Å². The second-order valence-electron chi connectivity index (χ2n) is 4.94. The standard InChI is InChI=1S/C16H11ClN4OS/c1-10-13(7-8-22-10)15-18-19-16-21(15)20-14(23-16)6-5-11-3-2-4-12(17)9-11/h2-9H,1H3. The van der Waals surface area contributed by atoms with Crippen LogP contribution < -0.4 is 0 Å². The van der Waals surface area contributed by atoms with Crippen molar-refractivity contribution in [2.24, 2.45) is 0 Å². The zero-order chi connectivity index (χ0) is 15.8. The second-order valence-corrected chi connectivity index (χ2v) is 6.36. The number of hydrogen-bond acceptors (Lipinski definition) is 5. The van der Waals surface area contributed by atoms with Crippen LogP contribution in [-0.4, -0.2) is 19.8 Å². The van der Waals surface area contributed by atoms with E-state index in [1.165, 1.54) is 11.3 Å².